The Morgan fingerprint density at radius 1 is 1.20 bits per heavy atom. The van der Waals surface area contributed by atoms with E-state index in [0.717, 1.165) is 23.3 Å². The minimum Gasteiger partial charge on any atom is -0.361 e. The Morgan fingerprint density at radius 3 is 3.04 bits per heavy atom. The molecule has 0 bridgehead atoms. The highest BCUT2D eigenvalue weighted by molar-refractivity contribution is 5.91. The van der Waals surface area contributed by atoms with Crippen LogP contribution in [0.5, 0.6) is 0 Å². The molecule has 1 amide bonds. The van der Waals surface area contributed by atoms with Crippen molar-refractivity contribution in [3.8, 4) is 0 Å². The minimum absolute atomic E-state index is 0.106. The van der Waals surface area contributed by atoms with Gasteiger partial charge in [-0.15, -0.1) is 0 Å². The molecule has 0 unspecified atom stereocenters. The molecule has 0 atom stereocenters. The molecule has 4 rings (SSSR count). The molecule has 124 valence electrons. The number of nitrogens with zero attached hydrogens (tertiary/aromatic N) is 2. The van der Waals surface area contributed by atoms with E-state index in [2.05, 4.69) is 27.4 Å². The Kier molecular flexibility index (Phi) is 4.04. The first-order valence-electron chi connectivity index (χ1n) is 8.24. The first-order chi connectivity index (χ1) is 12.3. The van der Waals surface area contributed by atoms with Crippen LogP contribution in [0.4, 0.5) is 0 Å². The van der Waals surface area contributed by atoms with E-state index in [-0.39, 0.29) is 5.91 Å². The van der Waals surface area contributed by atoms with Gasteiger partial charge in [0, 0.05) is 35.9 Å². The molecular weight excluding hydrogens is 312 g/mol. The van der Waals surface area contributed by atoms with Crippen LogP contribution in [0.15, 0.2) is 67.1 Å². The number of aromatic amines is 1. The van der Waals surface area contributed by atoms with Gasteiger partial charge >= 0.3 is 0 Å². The fourth-order valence-electron chi connectivity index (χ4n) is 2.95. The minimum atomic E-state index is -0.106. The smallest absolute Gasteiger partial charge is 0.244 e. The number of benzene rings is 1. The Morgan fingerprint density at radius 2 is 2.08 bits per heavy atom. The van der Waals surface area contributed by atoms with E-state index in [9.17, 15) is 4.79 Å². The quantitative estimate of drug-likeness (QED) is 0.552. The zero-order valence-corrected chi connectivity index (χ0v) is 13.6. The second kappa shape index (κ2) is 6.65. The van der Waals surface area contributed by atoms with Crippen LogP contribution in [0.1, 0.15) is 11.3 Å². The van der Waals surface area contributed by atoms with Crippen molar-refractivity contribution >= 4 is 28.5 Å². The van der Waals surface area contributed by atoms with Gasteiger partial charge in [0.05, 0.1) is 11.9 Å². The average Bonchev–Trinajstić information content (AvgIpc) is 3.24. The standard InChI is InChI=1S/C20H18N4O/c25-20(9-8-16-14-23-19-7-3-4-12-24(16)19)21-11-10-15-13-22-18-6-2-1-5-17(15)18/h1-9,12-14,22H,10-11H2,(H,21,25)/b9-8+. The van der Waals surface area contributed by atoms with E-state index in [4.69, 9.17) is 0 Å². The SMILES string of the molecule is O=C(/C=C/c1cnc2ccccn12)NCCc1c[nH]c2ccccc12. The summed E-state index contributed by atoms with van der Waals surface area (Å²) >= 11 is 0. The van der Waals surface area contributed by atoms with Crippen LogP contribution in [0.3, 0.4) is 0 Å². The van der Waals surface area contributed by atoms with Gasteiger partial charge in [-0.05, 0) is 36.3 Å². The molecule has 1 aromatic carbocycles. The summed E-state index contributed by atoms with van der Waals surface area (Å²) in [6, 6.07) is 14.0. The normalized spacial score (nSPS) is 11.5. The van der Waals surface area contributed by atoms with E-state index in [1.807, 2.05) is 47.1 Å². The lowest BCUT2D eigenvalue weighted by molar-refractivity contribution is -0.116. The lowest BCUT2D eigenvalue weighted by Gasteiger charge is -2.02. The summed E-state index contributed by atoms with van der Waals surface area (Å²) in [6.07, 6.45) is 9.80. The summed E-state index contributed by atoms with van der Waals surface area (Å²) in [7, 11) is 0. The second-order valence-electron chi connectivity index (χ2n) is 5.85. The first-order valence-corrected chi connectivity index (χ1v) is 8.24. The number of carbonyl (C=O) groups excluding carboxylic acids is 1. The fourth-order valence-corrected chi connectivity index (χ4v) is 2.95. The van der Waals surface area contributed by atoms with Crippen molar-refractivity contribution in [2.24, 2.45) is 0 Å². The largest absolute Gasteiger partial charge is 0.361 e. The van der Waals surface area contributed by atoms with Gasteiger partial charge in [-0.2, -0.15) is 0 Å². The van der Waals surface area contributed by atoms with E-state index in [1.165, 1.54) is 10.9 Å². The van der Waals surface area contributed by atoms with Gasteiger partial charge in [0.25, 0.3) is 0 Å². The van der Waals surface area contributed by atoms with Gasteiger partial charge in [0.15, 0.2) is 0 Å². The number of carbonyl (C=O) groups is 1. The maximum absolute atomic E-state index is 12.0. The molecule has 0 fully saturated rings. The van der Waals surface area contributed by atoms with Gasteiger partial charge in [-0.25, -0.2) is 4.98 Å². The molecule has 0 saturated heterocycles. The third-order valence-electron chi connectivity index (χ3n) is 4.22. The number of amides is 1. The Labute approximate surface area is 145 Å². The van der Waals surface area contributed by atoms with Gasteiger partial charge in [0.1, 0.15) is 5.65 Å². The third-order valence-corrected chi connectivity index (χ3v) is 4.22. The summed E-state index contributed by atoms with van der Waals surface area (Å²) in [6.45, 7) is 0.595. The molecule has 5 heteroatoms. The molecule has 0 saturated carbocycles. The highest BCUT2D eigenvalue weighted by Gasteiger charge is 2.04. The maximum Gasteiger partial charge on any atom is 0.244 e. The Balaban J connectivity index is 1.36. The third kappa shape index (κ3) is 3.17. The molecule has 0 aliphatic rings. The zero-order valence-electron chi connectivity index (χ0n) is 13.6. The van der Waals surface area contributed by atoms with Crippen molar-refractivity contribution in [2.45, 2.75) is 6.42 Å². The average molecular weight is 330 g/mol. The number of imidazole rings is 1. The number of aromatic nitrogens is 3. The Bertz CT molecular complexity index is 1060. The summed E-state index contributed by atoms with van der Waals surface area (Å²) in [5, 5.41) is 4.13. The lowest BCUT2D eigenvalue weighted by atomic mass is 10.1. The van der Waals surface area contributed by atoms with Crippen LogP contribution in [0.25, 0.3) is 22.6 Å². The van der Waals surface area contributed by atoms with Gasteiger partial charge in [-0.1, -0.05) is 24.3 Å². The number of hydrogen-bond acceptors (Lipinski definition) is 2. The molecule has 0 aliphatic carbocycles. The van der Waals surface area contributed by atoms with Crippen molar-refractivity contribution < 1.29 is 4.79 Å². The van der Waals surface area contributed by atoms with E-state index < -0.39 is 0 Å². The number of rotatable bonds is 5. The monoisotopic (exact) mass is 330 g/mol. The molecule has 5 nitrogen and oxygen atoms in total. The Hall–Kier alpha value is -3.34. The first kappa shape index (κ1) is 15.2. The van der Waals surface area contributed by atoms with Crippen LogP contribution >= 0.6 is 0 Å². The highest BCUT2D eigenvalue weighted by atomic mass is 16.1. The van der Waals surface area contributed by atoms with Crippen LogP contribution in [-0.2, 0) is 11.2 Å². The topological polar surface area (TPSA) is 62.2 Å². The summed E-state index contributed by atoms with van der Waals surface area (Å²) in [4.78, 5) is 19.6. The number of fused-ring (bicyclic) bond motifs is 2. The van der Waals surface area contributed by atoms with Gasteiger partial charge in [0.2, 0.25) is 5.91 Å². The van der Waals surface area contributed by atoms with Crippen LogP contribution in [-0.4, -0.2) is 26.8 Å². The lowest BCUT2D eigenvalue weighted by Crippen LogP contribution is -2.23. The molecule has 25 heavy (non-hydrogen) atoms. The molecule has 3 aromatic heterocycles. The molecule has 0 aliphatic heterocycles. The molecule has 0 radical (unpaired) electrons. The van der Waals surface area contributed by atoms with E-state index >= 15 is 0 Å². The predicted octanol–water partition coefficient (Wildman–Crippen LogP) is 3.19. The number of H-pyrrole nitrogens is 1. The number of para-hydroxylation sites is 1. The molecule has 0 spiro atoms. The summed E-state index contributed by atoms with van der Waals surface area (Å²) in [5.74, 6) is -0.106. The van der Waals surface area contributed by atoms with Crippen molar-refractivity contribution in [1.29, 1.82) is 0 Å². The van der Waals surface area contributed by atoms with Gasteiger partial charge < -0.3 is 14.7 Å². The van der Waals surface area contributed by atoms with Crippen LogP contribution in [0.2, 0.25) is 0 Å². The van der Waals surface area contributed by atoms with Gasteiger partial charge in [-0.3, -0.25) is 4.79 Å². The van der Waals surface area contributed by atoms with Crippen molar-refractivity contribution in [3.05, 3.63) is 78.4 Å². The number of hydrogen-bond donors (Lipinski definition) is 2. The van der Waals surface area contributed by atoms with Crippen molar-refractivity contribution in [1.82, 2.24) is 19.7 Å². The van der Waals surface area contributed by atoms with Crippen molar-refractivity contribution in [3.63, 3.8) is 0 Å². The molecule has 2 N–H and O–H groups in total. The summed E-state index contributed by atoms with van der Waals surface area (Å²) < 4.78 is 1.94. The molecular formula is C20H18N4O. The van der Waals surface area contributed by atoms with Crippen LogP contribution in [0, 0.1) is 0 Å². The van der Waals surface area contributed by atoms with Crippen molar-refractivity contribution in [2.75, 3.05) is 6.54 Å². The number of nitrogens with one attached hydrogen (secondary N) is 2. The highest BCUT2D eigenvalue weighted by Crippen LogP contribution is 2.17. The van der Waals surface area contributed by atoms with Crippen LogP contribution < -0.4 is 5.32 Å². The fraction of sp³-hybridized carbons (Fsp3) is 0.100. The summed E-state index contributed by atoms with van der Waals surface area (Å²) in [5.41, 5.74) is 4.07. The second-order valence-corrected chi connectivity index (χ2v) is 5.85. The zero-order chi connectivity index (χ0) is 17.1. The molecule has 3 heterocycles. The van der Waals surface area contributed by atoms with E-state index in [0.29, 0.717) is 6.54 Å². The predicted molar refractivity (Wildman–Crippen MR) is 99.2 cm³/mol. The number of pyridine rings is 1. The van der Waals surface area contributed by atoms with E-state index in [1.54, 1.807) is 18.3 Å². The molecule has 4 aromatic rings. The maximum atomic E-state index is 12.0.